The molecule has 0 radical (unpaired) electrons. The van der Waals surface area contributed by atoms with Gasteiger partial charge in [-0.2, -0.15) is 0 Å². The number of hydrogen-bond acceptors (Lipinski definition) is 11. The van der Waals surface area contributed by atoms with Crippen molar-refractivity contribution in [1.82, 2.24) is 0 Å². The Morgan fingerprint density at radius 2 is 1.02 bits per heavy atom. The smallest absolute Gasteiger partial charge is 0.344 e. The summed E-state index contributed by atoms with van der Waals surface area (Å²) in [6, 6.07) is 28.7. The van der Waals surface area contributed by atoms with Crippen LogP contribution in [-0.4, -0.2) is 58.9 Å². The number of amides is 2. The maximum atomic E-state index is 14.0. The maximum Gasteiger partial charge on any atom is 0.344 e. The third kappa shape index (κ3) is 10.5. The van der Waals surface area contributed by atoms with E-state index in [-0.39, 0.29) is 35.3 Å². The quantitative estimate of drug-likeness (QED) is 0.0792. The minimum Gasteiger partial charge on any atom is -0.482 e. The Morgan fingerprint density at radius 1 is 0.597 bits per heavy atom. The fraction of sp³-hybridized carbons (Fsp3) is 0.375. The SMILES string of the molecule is CCCCC1(CC)C(=O)Sc2ccc(OCC(=O)O)cc2N(c2ccccc2)C1=O.CCCCC1(CC)C(=O)Sc2ccc(OCC(=O)OCC)cc2N(c2ccccc2)C1=O. The molecule has 0 spiro atoms. The maximum absolute atomic E-state index is 14.0. The summed E-state index contributed by atoms with van der Waals surface area (Å²) < 4.78 is 15.9. The van der Waals surface area contributed by atoms with E-state index < -0.39 is 29.4 Å². The molecule has 0 aliphatic carbocycles. The van der Waals surface area contributed by atoms with Crippen LogP contribution >= 0.6 is 23.5 Å². The van der Waals surface area contributed by atoms with E-state index in [1.54, 1.807) is 53.1 Å². The second-order valence-corrected chi connectivity index (χ2v) is 16.9. The summed E-state index contributed by atoms with van der Waals surface area (Å²) in [4.78, 5) is 81.8. The molecule has 12 nitrogen and oxygen atoms in total. The Bertz CT molecular complexity index is 2240. The number of fused-ring (bicyclic) bond motifs is 2. The monoisotopic (exact) mass is 882 g/mol. The van der Waals surface area contributed by atoms with Gasteiger partial charge in [-0.3, -0.25) is 29.0 Å². The second-order valence-electron chi connectivity index (χ2n) is 14.8. The van der Waals surface area contributed by atoms with Crippen LogP contribution in [0.25, 0.3) is 0 Å². The average molecular weight is 883 g/mol. The number of carboxylic acid groups (broad SMARTS) is 1. The van der Waals surface area contributed by atoms with Crippen molar-refractivity contribution in [2.75, 3.05) is 29.6 Å². The number of nitrogens with zero attached hydrogens (tertiary/aromatic N) is 2. The fourth-order valence-electron chi connectivity index (χ4n) is 7.39. The minimum absolute atomic E-state index is 0.127. The van der Waals surface area contributed by atoms with Crippen molar-refractivity contribution in [3.05, 3.63) is 97.1 Å². The number of thioether (sulfide) groups is 2. The molecule has 14 heteroatoms. The van der Waals surface area contributed by atoms with Gasteiger partial charge in [-0.25, -0.2) is 9.59 Å². The Hall–Kier alpha value is -5.60. The van der Waals surface area contributed by atoms with E-state index in [0.717, 1.165) is 49.2 Å². The van der Waals surface area contributed by atoms with Crippen molar-refractivity contribution in [3.8, 4) is 11.5 Å². The molecule has 0 saturated heterocycles. The van der Waals surface area contributed by atoms with Crippen LogP contribution < -0.4 is 19.3 Å². The molecule has 0 bridgehead atoms. The van der Waals surface area contributed by atoms with Gasteiger partial charge in [0.2, 0.25) is 22.0 Å². The van der Waals surface area contributed by atoms with E-state index in [0.29, 0.717) is 69.7 Å². The number of unbranched alkanes of at least 4 members (excludes halogenated alkanes) is 2. The van der Waals surface area contributed by atoms with Gasteiger partial charge < -0.3 is 19.3 Å². The van der Waals surface area contributed by atoms with Gasteiger partial charge in [-0.1, -0.05) is 89.8 Å². The first kappa shape index (κ1) is 47.4. The highest BCUT2D eigenvalue weighted by molar-refractivity contribution is 8.14. The largest absolute Gasteiger partial charge is 0.482 e. The molecule has 2 unspecified atom stereocenters. The second kappa shape index (κ2) is 22.0. The van der Waals surface area contributed by atoms with Crippen molar-refractivity contribution in [1.29, 1.82) is 0 Å². The summed E-state index contributed by atoms with van der Waals surface area (Å²) in [6.07, 6.45) is 5.20. The summed E-state index contributed by atoms with van der Waals surface area (Å²) in [7, 11) is 0. The van der Waals surface area contributed by atoms with E-state index in [9.17, 15) is 28.8 Å². The number of carbonyl (C=O) groups excluding carboxylic acids is 5. The number of carboxylic acids is 1. The molecule has 4 aromatic rings. The molecule has 0 saturated carbocycles. The van der Waals surface area contributed by atoms with Crippen LogP contribution in [0.2, 0.25) is 0 Å². The molecule has 2 heterocycles. The van der Waals surface area contributed by atoms with Gasteiger partial charge in [-0.15, -0.1) is 0 Å². The van der Waals surface area contributed by atoms with Crippen LogP contribution in [0.5, 0.6) is 11.5 Å². The summed E-state index contributed by atoms with van der Waals surface area (Å²) >= 11 is 2.19. The van der Waals surface area contributed by atoms with Crippen molar-refractivity contribution >= 4 is 80.3 Å². The number of aliphatic carboxylic acids is 1. The van der Waals surface area contributed by atoms with Crippen molar-refractivity contribution in [2.24, 2.45) is 10.8 Å². The zero-order valence-electron chi connectivity index (χ0n) is 35.8. The number of esters is 1. The van der Waals surface area contributed by atoms with E-state index in [1.165, 1.54) is 0 Å². The molecular formula is C48H54N2O10S2. The third-order valence-corrected chi connectivity index (χ3v) is 13.2. The summed E-state index contributed by atoms with van der Waals surface area (Å²) in [6.45, 7) is 9.17. The third-order valence-electron chi connectivity index (χ3n) is 10.9. The Balaban J connectivity index is 0.000000235. The van der Waals surface area contributed by atoms with Crippen LogP contribution in [0, 0.1) is 10.8 Å². The number of carbonyl (C=O) groups is 6. The number of benzene rings is 4. The fourth-order valence-corrected chi connectivity index (χ4v) is 9.63. The van der Waals surface area contributed by atoms with Crippen LogP contribution in [-0.2, 0) is 33.5 Å². The lowest BCUT2D eigenvalue weighted by Crippen LogP contribution is -2.44. The zero-order chi connectivity index (χ0) is 44.9. The normalized spacial score (nSPS) is 18.4. The predicted molar refractivity (Wildman–Crippen MR) is 242 cm³/mol. The molecule has 0 fully saturated rings. The Morgan fingerprint density at radius 3 is 1.39 bits per heavy atom. The molecule has 1 N–H and O–H groups in total. The number of rotatable bonds is 17. The molecule has 2 aliphatic heterocycles. The van der Waals surface area contributed by atoms with Gasteiger partial charge in [-0.05, 0) is 105 Å². The first-order chi connectivity index (χ1) is 29.9. The standard InChI is InChI=1S/C25H29NO5S.C23H25NO5S/c1-4-7-15-25(5-2)23(28)26(18-11-9-8-10-12-18)20-16-19(31-17-22(27)30-6-3)13-14-21(20)32-24(25)29;1-3-5-13-23(4-2)21(27)24(16-9-7-6-8-10-16)18-14-17(29-15-20(25)26)11-12-19(18)30-22(23)28/h8-14,16H,4-7,15,17H2,1-3H3;6-12,14H,3-5,13,15H2,1-2H3,(H,25,26). The van der Waals surface area contributed by atoms with E-state index >= 15 is 0 Å². The van der Waals surface area contributed by atoms with Gasteiger partial charge in [0.15, 0.2) is 13.2 Å². The molecule has 4 aromatic carbocycles. The molecule has 6 rings (SSSR count). The van der Waals surface area contributed by atoms with Crippen LogP contribution in [0.1, 0.15) is 86.0 Å². The van der Waals surface area contributed by atoms with Crippen molar-refractivity contribution in [2.45, 2.75) is 95.8 Å². The molecule has 2 aliphatic rings. The van der Waals surface area contributed by atoms with E-state index in [4.69, 9.17) is 19.3 Å². The van der Waals surface area contributed by atoms with Crippen LogP contribution in [0.4, 0.5) is 22.7 Å². The highest BCUT2D eigenvalue weighted by Crippen LogP contribution is 2.51. The number of ether oxygens (including phenoxy) is 3. The highest BCUT2D eigenvalue weighted by Gasteiger charge is 2.51. The minimum atomic E-state index is -1.11. The number of hydrogen-bond donors (Lipinski definition) is 1. The zero-order valence-corrected chi connectivity index (χ0v) is 37.5. The molecule has 2 atom stereocenters. The Kier molecular flexibility index (Phi) is 16.8. The predicted octanol–water partition coefficient (Wildman–Crippen LogP) is 10.5. The lowest BCUT2D eigenvalue weighted by Gasteiger charge is -2.33. The van der Waals surface area contributed by atoms with Gasteiger partial charge in [0.05, 0.1) is 18.0 Å². The van der Waals surface area contributed by atoms with E-state index in [2.05, 4.69) is 6.92 Å². The molecule has 2 amide bonds. The lowest BCUT2D eigenvalue weighted by atomic mass is 9.79. The number of para-hydroxylation sites is 2. The van der Waals surface area contributed by atoms with Crippen LogP contribution in [0.3, 0.4) is 0 Å². The topological polar surface area (TPSA) is 157 Å². The van der Waals surface area contributed by atoms with Crippen molar-refractivity contribution in [3.63, 3.8) is 0 Å². The van der Waals surface area contributed by atoms with E-state index in [1.807, 2.05) is 81.4 Å². The summed E-state index contributed by atoms with van der Waals surface area (Å²) in [5.74, 6) is -1.27. The molecular weight excluding hydrogens is 829 g/mol. The molecule has 0 aromatic heterocycles. The summed E-state index contributed by atoms with van der Waals surface area (Å²) in [5, 5.41) is 8.63. The highest BCUT2D eigenvalue weighted by atomic mass is 32.2. The molecule has 328 valence electrons. The number of anilines is 4. The van der Waals surface area contributed by atoms with Gasteiger partial charge in [0.1, 0.15) is 22.3 Å². The summed E-state index contributed by atoms with van der Waals surface area (Å²) in [5.41, 5.74) is 0.237. The first-order valence-electron chi connectivity index (χ1n) is 21.0. The Labute approximate surface area is 371 Å². The first-order valence-corrected chi connectivity index (χ1v) is 22.7. The average Bonchev–Trinajstić information content (AvgIpc) is 3.43. The van der Waals surface area contributed by atoms with Gasteiger partial charge >= 0.3 is 11.9 Å². The van der Waals surface area contributed by atoms with Crippen LogP contribution in [0.15, 0.2) is 107 Å². The molecule has 62 heavy (non-hydrogen) atoms. The lowest BCUT2D eigenvalue weighted by molar-refractivity contribution is -0.145. The van der Waals surface area contributed by atoms with Crippen molar-refractivity contribution < 1.29 is 48.1 Å². The van der Waals surface area contributed by atoms with Gasteiger partial charge in [0.25, 0.3) is 0 Å². The van der Waals surface area contributed by atoms with Gasteiger partial charge in [0, 0.05) is 33.3 Å².